The van der Waals surface area contributed by atoms with Crippen molar-refractivity contribution in [2.24, 2.45) is 0 Å². The number of carbonyl (C=O) groups excluding carboxylic acids is 1. The molecule has 1 N–H and O–H groups in total. The molecule has 6 nitrogen and oxygen atoms in total. The number of hydrogen-bond acceptors (Lipinski definition) is 3. The summed E-state index contributed by atoms with van der Waals surface area (Å²) < 4.78 is 54.3. The van der Waals surface area contributed by atoms with Gasteiger partial charge in [0.25, 0.3) is 0 Å². The molecule has 0 aliphatic rings. The Morgan fingerprint density at radius 2 is 1.93 bits per heavy atom. The van der Waals surface area contributed by atoms with Crippen LogP contribution in [0.5, 0.6) is 0 Å². The smallest absolute Gasteiger partial charge is 0.309 e. The average molecular weight is 395 g/mol. The van der Waals surface area contributed by atoms with Gasteiger partial charge in [0.15, 0.2) is 11.5 Å². The van der Waals surface area contributed by atoms with E-state index in [2.05, 4.69) is 15.5 Å². The fourth-order valence-electron chi connectivity index (χ4n) is 2.61. The van der Waals surface area contributed by atoms with Crippen LogP contribution in [0.4, 0.5) is 23.4 Å². The minimum atomic E-state index is -4.52. The van der Waals surface area contributed by atoms with Gasteiger partial charge in [0, 0.05) is 36.5 Å². The SMILES string of the molecule is Cc1cc(C(F)(F)F)nn1CCC(=O)Nc1ccn(Cc2ccccc2F)n1. The van der Waals surface area contributed by atoms with E-state index in [4.69, 9.17) is 0 Å². The van der Waals surface area contributed by atoms with Crippen molar-refractivity contribution in [1.29, 1.82) is 0 Å². The van der Waals surface area contributed by atoms with E-state index < -0.39 is 17.8 Å². The number of nitrogens with zero attached hydrogens (tertiary/aromatic N) is 4. The number of halogens is 4. The topological polar surface area (TPSA) is 64.7 Å². The molecule has 148 valence electrons. The number of hydrogen-bond donors (Lipinski definition) is 1. The minimum Gasteiger partial charge on any atom is -0.309 e. The summed E-state index contributed by atoms with van der Waals surface area (Å²) in [7, 11) is 0. The van der Waals surface area contributed by atoms with Gasteiger partial charge in [-0.05, 0) is 19.1 Å². The lowest BCUT2D eigenvalue weighted by Crippen LogP contribution is -2.16. The summed E-state index contributed by atoms with van der Waals surface area (Å²) in [5, 5.41) is 10.2. The maximum Gasteiger partial charge on any atom is 0.435 e. The quantitative estimate of drug-likeness (QED) is 0.649. The zero-order valence-electron chi connectivity index (χ0n) is 14.9. The van der Waals surface area contributed by atoms with Crippen molar-refractivity contribution in [3.63, 3.8) is 0 Å². The molecule has 0 saturated heterocycles. The standard InChI is InChI=1S/C18H17F4N5O/c1-12-10-15(18(20,21)22)24-27(12)9-7-17(28)23-16-6-8-26(25-16)11-13-4-2-3-5-14(13)19/h2-6,8,10H,7,9,11H2,1H3,(H,23,25,28). The highest BCUT2D eigenvalue weighted by Gasteiger charge is 2.34. The number of anilines is 1. The summed E-state index contributed by atoms with van der Waals surface area (Å²) in [5.74, 6) is -0.495. The molecule has 0 radical (unpaired) electrons. The van der Waals surface area contributed by atoms with Crippen LogP contribution in [-0.2, 0) is 24.1 Å². The Labute approximate surface area is 157 Å². The van der Waals surface area contributed by atoms with Crippen LogP contribution in [0.2, 0.25) is 0 Å². The van der Waals surface area contributed by atoms with Crippen molar-refractivity contribution >= 4 is 11.7 Å². The van der Waals surface area contributed by atoms with Gasteiger partial charge < -0.3 is 5.32 Å². The summed E-state index contributed by atoms with van der Waals surface area (Å²) in [5.41, 5.74) is -0.218. The number of amides is 1. The molecule has 0 bridgehead atoms. The van der Waals surface area contributed by atoms with Crippen molar-refractivity contribution in [1.82, 2.24) is 19.6 Å². The minimum absolute atomic E-state index is 0.00365. The van der Waals surface area contributed by atoms with E-state index in [1.165, 1.54) is 17.7 Å². The fraction of sp³-hybridized carbons (Fsp3) is 0.278. The number of alkyl halides is 3. The molecular weight excluding hydrogens is 378 g/mol. The van der Waals surface area contributed by atoms with E-state index in [9.17, 15) is 22.4 Å². The van der Waals surface area contributed by atoms with Gasteiger partial charge in [0.1, 0.15) is 5.82 Å². The van der Waals surface area contributed by atoms with Gasteiger partial charge >= 0.3 is 6.18 Å². The van der Waals surface area contributed by atoms with Crippen LogP contribution in [0.15, 0.2) is 42.6 Å². The number of carbonyl (C=O) groups is 1. The van der Waals surface area contributed by atoms with E-state index >= 15 is 0 Å². The molecule has 0 aliphatic carbocycles. The highest BCUT2D eigenvalue weighted by Crippen LogP contribution is 2.28. The lowest BCUT2D eigenvalue weighted by Gasteiger charge is -2.06. The largest absolute Gasteiger partial charge is 0.435 e. The Kier molecular flexibility index (Phi) is 5.48. The summed E-state index contributed by atoms with van der Waals surface area (Å²) in [6, 6.07) is 8.78. The monoisotopic (exact) mass is 395 g/mol. The van der Waals surface area contributed by atoms with Gasteiger partial charge in [-0.2, -0.15) is 23.4 Å². The maximum absolute atomic E-state index is 13.7. The molecule has 2 heterocycles. The second-order valence-electron chi connectivity index (χ2n) is 6.18. The molecule has 10 heteroatoms. The second-order valence-corrected chi connectivity index (χ2v) is 6.18. The molecular formula is C18H17F4N5O. The van der Waals surface area contributed by atoms with Crippen LogP contribution >= 0.6 is 0 Å². The van der Waals surface area contributed by atoms with Crippen molar-refractivity contribution in [3.05, 3.63) is 65.4 Å². The first-order chi connectivity index (χ1) is 13.2. The van der Waals surface area contributed by atoms with Gasteiger partial charge in [0.05, 0.1) is 6.54 Å². The number of rotatable bonds is 6. The number of benzene rings is 1. The molecule has 0 saturated carbocycles. The highest BCUT2D eigenvalue weighted by molar-refractivity contribution is 5.89. The third-order valence-electron chi connectivity index (χ3n) is 4.02. The molecule has 3 aromatic rings. The van der Waals surface area contributed by atoms with Crippen LogP contribution in [0.3, 0.4) is 0 Å². The lowest BCUT2D eigenvalue weighted by atomic mass is 10.2. The maximum atomic E-state index is 13.7. The molecule has 0 unspecified atom stereocenters. The molecule has 1 aromatic carbocycles. The van der Waals surface area contributed by atoms with Gasteiger partial charge in [0.2, 0.25) is 5.91 Å². The third-order valence-corrected chi connectivity index (χ3v) is 4.02. The van der Waals surface area contributed by atoms with Crippen molar-refractivity contribution in [2.45, 2.75) is 32.6 Å². The predicted octanol–water partition coefficient (Wildman–Crippen LogP) is 3.62. The Morgan fingerprint density at radius 1 is 1.18 bits per heavy atom. The van der Waals surface area contributed by atoms with E-state index in [1.807, 2.05) is 0 Å². The van der Waals surface area contributed by atoms with Gasteiger partial charge in [-0.25, -0.2) is 4.39 Å². The molecule has 0 spiro atoms. The van der Waals surface area contributed by atoms with Crippen LogP contribution in [0, 0.1) is 12.7 Å². The summed E-state index contributed by atoms with van der Waals surface area (Å²) in [6.45, 7) is 1.70. The Bertz CT molecular complexity index is 977. The zero-order valence-corrected chi connectivity index (χ0v) is 14.9. The predicted molar refractivity (Wildman–Crippen MR) is 92.9 cm³/mol. The van der Waals surface area contributed by atoms with Crippen molar-refractivity contribution < 1.29 is 22.4 Å². The van der Waals surface area contributed by atoms with E-state index in [0.717, 1.165) is 10.7 Å². The van der Waals surface area contributed by atoms with Crippen LogP contribution in [-0.4, -0.2) is 25.5 Å². The number of nitrogens with one attached hydrogen (secondary N) is 1. The molecule has 3 rings (SSSR count). The van der Waals surface area contributed by atoms with Crippen LogP contribution < -0.4 is 5.32 Å². The molecule has 0 aliphatic heterocycles. The van der Waals surface area contributed by atoms with Crippen LogP contribution in [0.1, 0.15) is 23.4 Å². The molecule has 1 amide bonds. The summed E-state index contributed by atoms with van der Waals surface area (Å²) in [6.07, 6.45) is -3.00. The zero-order chi connectivity index (χ0) is 20.3. The normalized spacial score (nSPS) is 11.6. The average Bonchev–Trinajstić information content (AvgIpc) is 3.21. The van der Waals surface area contributed by atoms with Gasteiger partial charge in [-0.15, -0.1) is 0 Å². The number of aromatic nitrogens is 4. The second kappa shape index (κ2) is 7.83. The van der Waals surface area contributed by atoms with E-state index in [0.29, 0.717) is 11.3 Å². The third kappa shape index (κ3) is 4.76. The summed E-state index contributed by atoms with van der Waals surface area (Å²) >= 11 is 0. The Hall–Kier alpha value is -3.17. The highest BCUT2D eigenvalue weighted by atomic mass is 19.4. The summed E-state index contributed by atoms with van der Waals surface area (Å²) in [4.78, 5) is 12.0. The van der Waals surface area contributed by atoms with E-state index in [1.54, 1.807) is 30.5 Å². The van der Waals surface area contributed by atoms with Gasteiger partial charge in [-0.1, -0.05) is 18.2 Å². The Morgan fingerprint density at radius 3 is 2.61 bits per heavy atom. The molecule has 28 heavy (non-hydrogen) atoms. The van der Waals surface area contributed by atoms with Gasteiger partial charge in [-0.3, -0.25) is 14.2 Å². The first-order valence-corrected chi connectivity index (χ1v) is 8.41. The Balaban J connectivity index is 1.55. The van der Waals surface area contributed by atoms with Crippen molar-refractivity contribution in [2.75, 3.05) is 5.32 Å². The molecule has 2 aromatic heterocycles. The van der Waals surface area contributed by atoms with Crippen LogP contribution in [0.25, 0.3) is 0 Å². The molecule has 0 fully saturated rings. The van der Waals surface area contributed by atoms with E-state index in [-0.39, 0.29) is 31.1 Å². The first-order valence-electron chi connectivity index (χ1n) is 8.41. The number of aryl methyl sites for hydroxylation is 2. The fourth-order valence-corrected chi connectivity index (χ4v) is 2.61. The lowest BCUT2D eigenvalue weighted by molar-refractivity contribution is -0.141. The molecule has 0 atom stereocenters. The van der Waals surface area contributed by atoms with Crippen molar-refractivity contribution in [3.8, 4) is 0 Å². The first kappa shape index (κ1) is 19.6.